The third-order valence-electron chi connectivity index (χ3n) is 4.58. The molecule has 1 amide bonds. The van der Waals surface area contributed by atoms with Crippen molar-refractivity contribution in [1.29, 1.82) is 0 Å². The van der Waals surface area contributed by atoms with Crippen molar-refractivity contribution in [3.05, 3.63) is 59.7 Å². The van der Waals surface area contributed by atoms with E-state index in [-0.39, 0.29) is 5.91 Å². The quantitative estimate of drug-likeness (QED) is 0.573. The number of anilines is 1. The highest BCUT2D eigenvalue weighted by Gasteiger charge is 2.14. The number of hydrogen-bond donors (Lipinski definition) is 1. The van der Waals surface area contributed by atoms with Crippen LogP contribution in [0.1, 0.15) is 29.1 Å². The molecule has 4 rings (SSSR count). The molecule has 0 aliphatic rings. The highest BCUT2D eigenvalue weighted by Crippen LogP contribution is 2.19. The van der Waals surface area contributed by atoms with E-state index in [1.165, 1.54) is 17.3 Å². The zero-order chi connectivity index (χ0) is 19.7. The van der Waals surface area contributed by atoms with Gasteiger partial charge in [-0.25, -0.2) is 24.1 Å². The first kappa shape index (κ1) is 17.8. The molecule has 142 valence electrons. The van der Waals surface area contributed by atoms with E-state index in [2.05, 4.69) is 30.5 Å². The minimum atomic E-state index is -0.107. The van der Waals surface area contributed by atoms with Crippen molar-refractivity contribution < 1.29 is 4.79 Å². The van der Waals surface area contributed by atoms with E-state index >= 15 is 0 Å². The van der Waals surface area contributed by atoms with Crippen molar-refractivity contribution in [3.63, 3.8) is 0 Å². The summed E-state index contributed by atoms with van der Waals surface area (Å²) in [7, 11) is 0. The number of fused-ring (bicyclic) bond motifs is 1. The van der Waals surface area contributed by atoms with E-state index in [1.54, 1.807) is 18.3 Å². The van der Waals surface area contributed by atoms with Crippen LogP contribution in [0.15, 0.2) is 37.1 Å². The SMILES string of the molecule is Cc1cc2nc(C)c(CCC(=O)Nc3cccnc3-n3cncn3)c(C)n2n1. The molecular weight excluding hydrogens is 356 g/mol. The summed E-state index contributed by atoms with van der Waals surface area (Å²) in [5.41, 5.74) is 5.29. The minimum absolute atomic E-state index is 0.107. The lowest BCUT2D eigenvalue weighted by Gasteiger charge is -2.12. The van der Waals surface area contributed by atoms with Gasteiger partial charge in [-0.1, -0.05) is 0 Å². The second-order valence-corrected chi connectivity index (χ2v) is 6.58. The molecular formula is C19H20N8O. The first-order chi connectivity index (χ1) is 13.5. The van der Waals surface area contributed by atoms with Crippen molar-refractivity contribution >= 4 is 17.2 Å². The maximum atomic E-state index is 12.6. The highest BCUT2D eigenvalue weighted by molar-refractivity contribution is 5.92. The first-order valence-electron chi connectivity index (χ1n) is 8.95. The number of rotatable bonds is 5. The Morgan fingerprint density at radius 1 is 1.25 bits per heavy atom. The summed E-state index contributed by atoms with van der Waals surface area (Å²) in [5, 5.41) is 11.5. The van der Waals surface area contributed by atoms with Crippen LogP contribution < -0.4 is 5.32 Å². The Morgan fingerprint density at radius 3 is 2.89 bits per heavy atom. The summed E-state index contributed by atoms with van der Waals surface area (Å²) in [4.78, 5) is 25.4. The Bertz CT molecular complexity index is 1150. The Morgan fingerprint density at radius 2 is 2.11 bits per heavy atom. The van der Waals surface area contributed by atoms with Gasteiger partial charge in [-0.2, -0.15) is 10.2 Å². The van der Waals surface area contributed by atoms with Crippen molar-refractivity contribution in [1.82, 2.24) is 34.3 Å². The number of carbonyl (C=O) groups is 1. The first-order valence-corrected chi connectivity index (χ1v) is 8.95. The molecule has 9 heteroatoms. The monoisotopic (exact) mass is 376 g/mol. The number of amides is 1. The van der Waals surface area contributed by atoms with Crippen molar-refractivity contribution in [2.75, 3.05) is 5.32 Å². The molecule has 0 aliphatic heterocycles. The third-order valence-corrected chi connectivity index (χ3v) is 4.58. The van der Waals surface area contributed by atoms with Crippen LogP contribution in [0.4, 0.5) is 5.69 Å². The number of aryl methyl sites for hydroxylation is 3. The van der Waals surface area contributed by atoms with Gasteiger partial charge in [-0.3, -0.25) is 4.79 Å². The fourth-order valence-electron chi connectivity index (χ4n) is 3.25. The zero-order valence-electron chi connectivity index (χ0n) is 15.9. The molecule has 4 aromatic rings. The number of pyridine rings is 1. The van der Waals surface area contributed by atoms with Crippen LogP contribution in [0.2, 0.25) is 0 Å². The van der Waals surface area contributed by atoms with Crippen LogP contribution in [0.25, 0.3) is 11.5 Å². The molecule has 28 heavy (non-hydrogen) atoms. The highest BCUT2D eigenvalue weighted by atomic mass is 16.1. The van der Waals surface area contributed by atoms with E-state index in [4.69, 9.17) is 0 Å². The molecule has 0 spiro atoms. The summed E-state index contributed by atoms with van der Waals surface area (Å²) in [6.07, 6.45) is 5.50. The van der Waals surface area contributed by atoms with E-state index in [0.29, 0.717) is 24.3 Å². The maximum absolute atomic E-state index is 12.6. The second kappa shape index (κ2) is 7.18. The zero-order valence-corrected chi connectivity index (χ0v) is 15.9. The van der Waals surface area contributed by atoms with Gasteiger partial charge in [-0.15, -0.1) is 0 Å². The van der Waals surface area contributed by atoms with Gasteiger partial charge in [0.1, 0.15) is 12.7 Å². The van der Waals surface area contributed by atoms with Gasteiger partial charge in [-0.05, 0) is 44.9 Å². The minimum Gasteiger partial charge on any atom is -0.323 e. The Balaban J connectivity index is 1.51. The van der Waals surface area contributed by atoms with E-state index in [9.17, 15) is 4.79 Å². The summed E-state index contributed by atoms with van der Waals surface area (Å²) in [6, 6.07) is 5.51. The number of hydrogen-bond acceptors (Lipinski definition) is 6. The van der Waals surface area contributed by atoms with Crippen LogP contribution in [-0.2, 0) is 11.2 Å². The van der Waals surface area contributed by atoms with Gasteiger partial charge in [0.2, 0.25) is 5.91 Å². The van der Waals surface area contributed by atoms with Crippen LogP contribution >= 0.6 is 0 Å². The molecule has 0 atom stereocenters. The lowest BCUT2D eigenvalue weighted by atomic mass is 10.1. The van der Waals surface area contributed by atoms with Crippen molar-refractivity contribution in [2.24, 2.45) is 0 Å². The molecule has 0 radical (unpaired) electrons. The van der Waals surface area contributed by atoms with Gasteiger partial charge in [0.05, 0.1) is 11.4 Å². The second-order valence-electron chi connectivity index (χ2n) is 6.58. The predicted molar refractivity (Wildman–Crippen MR) is 103 cm³/mol. The smallest absolute Gasteiger partial charge is 0.224 e. The number of carbonyl (C=O) groups excluding carboxylic acids is 1. The Labute approximate surface area is 161 Å². The standard InChI is InChI=1S/C19H20N8O/c1-12-9-17-23-13(2)15(14(3)27(17)25-12)6-7-18(28)24-16-5-4-8-21-19(16)26-11-20-10-22-26/h4-5,8-11H,6-7H2,1-3H3,(H,24,28). The summed E-state index contributed by atoms with van der Waals surface area (Å²) in [6.45, 7) is 5.91. The van der Waals surface area contributed by atoms with E-state index in [1.807, 2.05) is 31.4 Å². The fraction of sp³-hybridized carbons (Fsp3) is 0.263. The topological polar surface area (TPSA) is 103 Å². The number of aromatic nitrogens is 7. The Hall–Kier alpha value is -3.62. The molecule has 1 N–H and O–H groups in total. The number of nitrogens with one attached hydrogen (secondary N) is 1. The average Bonchev–Trinajstić information content (AvgIpc) is 3.31. The normalized spacial score (nSPS) is 11.1. The number of nitrogens with zero attached hydrogens (tertiary/aromatic N) is 7. The molecule has 0 fully saturated rings. The van der Waals surface area contributed by atoms with Gasteiger partial charge in [0.15, 0.2) is 11.5 Å². The molecule has 0 bridgehead atoms. The van der Waals surface area contributed by atoms with Crippen LogP contribution in [0, 0.1) is 20.8 Å². The molecule has 4 heterocycles. The van der Waals surface area contributed by atoms with Crippen LogP contribution in [-0.4, -0.2) is 40.3 Å². The average molecular weight is 376 g/mol. The van der Waals surface area contributed by atoms with Gasteiger partial charge >= 0.3 is 0 Å². The van der Waals surface area contributed by atoms with E-state index < -0.39 is 0 Å². The molecule has 0 saturated heterocycles. The molecule has 0 aromatic carbocycles. The fourth-order valence-corrected chi connectivity index (χ4v) is 3.25. The molecule has 4 aromatic heterocycles. The van der Waals surface area contributed by atoms with Crippen LogP contribution in [0.5, 0.6) is 0 Å². The van der Waals surface area contributed by atoms with Gasteiger partial charge in [0, 0.05) is 30.1 Å². The summed E-state index contributed by atoms with van der Waals surface area (Å²) < 4.78 is 3.35. The van der Waals surface area contributed by atoms with Crippen LogP contribution in [0.3, 0.4) is 0 Å². The predicted octanol–water partition coefficient (Wildman–Crippen LogP) is 2.20. The maximum Gasteiger partial charge on any atom is 0.224 e. The van der Waals surface area contributed by atoms with Gasteiger partial charge in [0.25, 0.3) is 0 Å². The Kier molecular flexibility index (Phi) is 4.56. The van der Waals surface area contributed by atoms with E-state index in [0.717, 1.165) is 28.3 Å². The lowest BCUT2D eigenvalue weighted by Crippen LogP contribution is -2.16. The molecule has 0 saturated carbocycles. The molecule has 0 aliphatic carbocycles. The van der Waals surface area contributed by atoms with Crippen molar-refractivity contribution in [2.45, 2.75) is 33.6 Å². The largest absolute Gasteiger partial charge is 0.323 e. The summed E-state index contributed by atoms with van der Waals surface area (Å²) in [5.74, 6) is 0.417. The van der Waals surface area contributed by atoms with Gasteiger partial charge < -0.3 is 5.32 Å². The van der Waals surface area contributed by atoms with Crippen molar-refractivity contribution in [3.8, 4) is 5.82 Å². The molecule has 9 nitrogen and oxygen atoms in total. The summed E-state index contributed by atoms with van der Waals surface area (Å²) >= 11 is 0. The third kappa shape index (κ3) is 3.34. The molecule has 0 unspecified atom stereocenters. The lowest BCUT2D eigenvalue weighted by molar-refractivity contribution is -0.116.